The van der Waals surface area contributed by atoms with Crippen molar-refractivity contribution in [3.8, 4) is 0 Å². The lowest BCUT2D eigenvalue weighted by Gasteiger charge is -2.57. The predicted octanol–water partition coefficient (Wildman–Crippen LogP) is 4.28. The highest BCUT2D eigenvalue weighted by molar-refractivity contribution is 6.99. The molecule has 1 saturated heterocycles. The first kappa shape index (κ1) is 25.7. The van der Waals surface area contributed by atoms with E-state index in [0.717, 1.165) is 15.9 Å². The number of amides is 1. The third-order valence-corrected chi connectivity index (χ3v) is 11.9. The maximum Gasteiger partial charge on any atom is 0.410 e. The highest BCUT2D eigenvalue weighted by atomic mass is 28.4. The Morgan fingerprint density at radius 2 is 1.36 bits per heavy atom. The van der Waals surface area contributed by atoms with Gasteiger partial charge in [0, 0.05) is 19.2 Å². The Bertz CT molecular complexity index is 1130. The summed E-state index contributed by atoms with van der Waals surface area (Å²) in [6.07, 6.45) is -1.20. The third-order valence-electron chi connectivity index (χ3n) is 6.79. The molecule has 6 nitrogen and oxygen atoms in total. The second-order valence-electron chi connectivity index (χ2n) is 10.2. The van der Waals surface area contributed by atoms with Gasteiger partial charge < -0.3 is 19.2 Å². The van der Waals surface area contributed by atoms with Crippen LogP contribution < -0.4 is 10.4 Å². The lowest BCUT2D eigenvalue weighted by molar-refractivity contribution is -0.143. The van der Waals surface area contributed by atoms with Gasteiger partial charge in [-0.05, 0) is 5.56 Å². The zero-order valence-corrected chi connectivity index (χ0v) is 22.0. The van der Waals surface area contributed by atoms with Crippen molar-refractivity contribution >= 4 is 30.8 Å². The summed E-state index contributed by atoms with van der Waals surface area (Å²) < 4.78 is 12.6. The molecule has 0 spiro atoms. The number of hydrogen-bond donors (Lipinski definition) is 1. The van der Waals surface area contributed by atoms with Crippen molar-refractivity contribution in [3.05, 3.63) is 96.6 Å². The summed E-state index contributed by atoms with van der Waals surface area (Å²) in [4.78, 5) is 26.7. The Balaban J connectivity index is 1.65. The molecule has 1 heterocycles. The quantitative estimate of drug-likeness (QED) is 0.487. The van der Waals surface area contributed by atoms with E-state index < -0.39 is 32.4 Å². The first-order valence-corrected chi connectivity index (χ1v) is 14.1. The molecule has 4 rings (SSSR count). The number of benzene rings is 3. The number of nitrogens with zero attached hydrogens (tertiary/aromatic N) is 1. The highest BCUT2D eigenvalue weighted by Gasteiger charge is 2.46. The molecule has 3 aromatic rings. The van der Waals surface area contributed by atoms with Crippen LogP contribution in [-0.2, 0) is 20.6 Å². The number of carbonyl (C=O) groups excluding carboxylic acids is 1. The molecule has 36 heavy (non-hydrogen) atoms. The smallest absolute Gasteiger partial charge is 0.410 e. The number of rotatable bonds is 7. The molecule has 1 fully saturated rings. The molecule has 0 saturated carbocycles. The molecular weight excluding hydrogens is 470 g/mol. The van der Waals surface area contributed by atoms with Crippen LogP contribution >= 0.6 is 0 Å². The van der Waals surface area contributed by atoms with Gasteiger partial charge in [-0.3, -0.25) is 4.79 Å². The van der Waals surface area contributed by atoms with Crippen LogP contribution in [0.5, 0.6) is 0 Å². The molecule has 7 heteroatoms. The van der Waals surface area contributed by atoms with Crippen LogP contribution in [0, 0.1) is 5.92 Å². The Hall–Kier alpha value is -3.42. The van der Waals surface area contributed by atoms with E-state index in [-0.39, 0.29) is 24.7 Å². The van der Waals surface area contributed by atoms with Crippen molar-refractivity contribution < 1.29 is 23.9 Å². The number of aliphatic carboxylic acids is 1. The molecule has 2 atom stereocenters. The minimum absolute atomic E-state index is 0.0474. The van der Waals surface area contributed by atoms with E-state index in [0.29, 0.717) is 0 Å². The van der Waals surface area contributed by atoms with Crippen LogP contribution in [0.4, 0.5) is 4.79 Å². The zero-order chi connectivity index (χ0) is 25.8. The van der Waals surface area contributed by atoms with Crippen LogP contribution in [-0.4, -0.2) is 49.6 Å². The van der Waals surface area contributed by atoms with Gasteiger partial charge in [0.25, 0.3) is 0 Å². The Labute approximate surface area is 213 Å². The zero-order valence-electron chi connectivity index (χ0n) is 21.0. The van der Waals surface area contributed by atoms with E-state index in [4.69, 9.17) is 9.16 Å². The van der Waals surface area contributed by atoms with Crippen LogP contribution in [0.3, 0.4) is 0 Å². The molecule has 0 aliphatic carbocycles. The molecule has 1 aliphatic heterocycles. The van der Waals surface area contributed by atoms with Gasteiger partial charge in [-0.2, -0.15) is 10.4 Å². The minimum Gasteiger partial charge on any atom is -0.554 e. The van der Waals surface area contributed by atoms with Gasteiger partial charge in [0.15, 0.2) is 0 Å². The molecule has 3 aromatic carbocycles. The molecule has 0 unspecified atom stereocenters. The molecule has 1 amide bonds. The second kappa shape index (κ2) is 10.7. The summed E-state index contributed by atoms with van der Waals surface area (Å²) in [6, 6.07) is 29.6. The van der Waals surface area contributed by atoms with Crippen molar-refractivity contribution in [2.24, 2.45) is 5.92 Å². The predicted molar refractivity (Wildman–Crippen MR) is 142 cm³/mol. The molecule has 1 N–H and O–H groups in total. The average molecular weight is 504 g/mol. The highest BCUT2D eigenvalue weighted by Crippen LogP contribution is 2.39. The SMILES string of the molecule is CC(C)(C)[Si-](O[C@H]1CN(C(=O)OCc2ccccc2)C[C@@H]1C(=O)O)(c1ccccc1)c1ccccc1. The topological polar surface area (TPSA) is 76.1 Å². The van der Waals surface area contributed by atoms with Gasteiger partial charge in [0.1, 0.15) is 6.61 Å². The van der Waals surface area contributed by atoms with Gasteiger partial charge in [0.05, 0.1) is 14.2 Å². The first-order chi connectivity index (χ1) is 17.2. The molecule has 189 valence electrons. The van der Waals surface area contributed by atoms with Crippen molar-refractivity contribution in [1.82, 2.24) is 4.90 Å². The van der Waals surface area contributed by atoms with Crippen molar-refractivity contribution in [2.75, 3.05) is 13.1 Å². The summed E-state index contributed by atoms with van der Waals surface area (Å²) in [7, 11) is -2.98. The lowest BCUT2D eigenvalue weighted by Crippen LogP contribution is -2.68. The van der Waals surface area contributed by atoms with E-state index in [1.807, 2.05) is 66.7 Å². The summed E-state index contributed by atoms with van der Waals surface area (Å²) in [5, 5.41) is 11.9. The maximum atomic E-state index is 12.9. The van der Waals surface area contributed by atoms with Crippen molar-refractivity contribution in [3.63, 3.8) is 0 Å². The number of carboxylic acids is 1. The standard InChI is InChI=1S/C29H33NO5Si/c1-29(2,3)36(23-15-9-5-10-16-23,24-17-11-6-12-18-24)35-26-20-30(19-25(26)27(31)32)28(33)34-21-22-13-7-4-8-14-22/h4-18,25-26H,19-21H2,1-3H3,(H,31,32)/q-1/t25-,26-/m0/s1. The number of likely N-dealkylation sites (tertiary alicyclic amines) is 1. The van der Waals surface area contributed by atoms with Gasteiger partial charge in [0.2, 0.25) is 0 Å². The molecule has 0 radical (unpaired) electrons. The normalized spacial score (nSPS) is 18.1. The molecule has 1 aliphatic rings. The first-order valence-electron chi connectivity index (χ1n) is 12.2. The monoisotopic (exact) mass is 503 g/mol. The minimum atomic E-state index is -2.98. The van der Waals surface area contributed by atoms with Crippen LogP contribution in [0.15, 0.2) is 91.0 Å². The maximum absolute atomic E-state index is 12.9. The summed E-state index contributed by atoms with van der Waals surface area (Å²) >= 11 is 0. The van der Waals surface area contributed by atoms with E-state index in [1.54, 1.807) is 0 Å². The van der Waals surface area contributed by atoms with Crippen molar-refractivity contribution in [1.29, 1.82) is 0 Å². The van der Waals surface area contributed by atoms with Gasteiger partial charge in [-0.1, -0.05) is 112 Å². The van der Waals surface area contributed by atoms with E-state index in [9.17, 15) is 14.7 Å². The summed E-state index contributed by atoms with van der Waals surface area (Å²) in [5.41, 5.74) is 0.875. The summed E-state index contributed by atoms with van der Waals surface area (Å²) in [6.45, 7) is 6.79. The molecule has 0 aromatic heterocycles. The Morgan fingerprint density at radius 3 is 1.83 bits per heavy atom. The van der Waals surface area contributed by atoms with Crippen LogP contribution in [0.2, 0.25) is 5.04 Å². The lowest BCUT2D eigenvalue weighted by atomic mass is 10.1. The fraction of sp³-hybridized carbons (Fsp3) is 0.310. The van der Waals surface area contributed by atoms with Gasteiger partial charge in [-0.15, -0.1) is 5.04 Å². The van der Waals surface area contributed by atoms with E-state index in [1.165, 1.54) is 4.90 Å². The number of ether oxygens (including phenoxy) is 1. The average Bonchev–Trinajstić information content (AvgIpc) is 3.31. The third kappa shape index (κ3) is 5.22. The van der Waals surface area contributed by atoms with E-state index >= 15 is 0 Å². The number of carbonyl (C=O) groups is 2. The fourth-order valence-corrected chi connectivity index (χ4v) is 9.72. The number of carboxylic acid groups (broad SMARTS) is 1. The van der Waals surface area contributed by atoms with Crippen LogP contribution in [0.25, 0.3) is 0 Å². The van der Waals surface area contributed by atoms with Gasteiger partial charge in [-0.25, -0.2) is 4.79 Å². The Morgan fingerprint density at radius 1 is 0.861 bits per heavy atom. The van der Waals surface area contributed by atoms with E-state index in [2.05, 4.69) is 45.0 Å². The number of hydrogen-bond acceptors (Lipinski definition) is 4. The Kier molecular flexibility index (Phi) is 7.61. The fourth-order valence-electron chi connectivity index (χ4n) is 5.01. The largest absolute Gasteiger partial charge is 0.554 e. The molecular formula is C29H33NO5Si-. The molecule has 0 bridgehead atoms. The van der Waals surface area contributed by atoms with Crippen molar-refractivity contribution in [2.45, 2.75) is 38.5 Å². The van der Waals surface area contributed by atoms with Crippen LogP contribution in [0.1, 0.15) is 26.3 Å². The second-order valence-corrected chi connectivity index (χ2v) is 14.5. The summed E-state index contributed by atoms with van der Waals surface area (Å²) in [5.74, 6) is -1.83. The van der Waals surface area contributed by atoms with Gasteiger partial charge >= 0.3 is 12.1 Å².